The van der Waals surface area contributed by atoms with Crippen LogP contribution in [0.5, 0.6) is 0 Å². The molecule has 25 heavy (non-hydrogen) atoms. The van der Waals surface area contributed by atoms with Gasteiger partial charge in [0.2, 0.25) is 5.91 Å². The standard InChI is InChI=1S/C19H26F2N2O.ClH/c20-15-7-4-8-16(21)17(15)19(9-1-2-10-19)12-23-18(24)13-5-3-6-14(22)11-13;/h4,7-8,13-14H,1-3,5-6,9-12,22H2,(H,23,24);1H. The van der Waals surface area contributed by atoms with E-state index < -0.39 is 17.0 Å². The third-order valence-corrected chi connectivity index (χ3v) is 5.74. The fraction of sp³-hybridized carbons (Fsp3) is 0.632. The lowest BCUT2D eigenvalue weighted by molar-refractivity contribution is -0.126. The molecule has 0 radical (unpaired) electrons. The summed E-state index contributed by atoms with van der Waals surface area (Å²) in [6.07, 6.45) is 6.74. The van der Waals surface area contributed by atoms with Crippen LogP contribution < -0.4 is 11.1 Å². The van der Waals surface area contributed by atoms with E-state index in [1.807, 2.05) is 0 Å². The number of carbonyl (C=O) groups is 1. The van der Waals surface area contributed by atoms with Crippen molar-refractivity contribution in [2.75, 3.05) is 6.54 Å². The number of hydrogen-bond acceptors (Lipinski definition) is 2. The predicted molar refractivity (Wildman–Crippen MR) is 96.7 cm³/mol. The fourth-order valence-corrected chi connectivity index (χ4v) is 4.44. The number of rotatable bonds is 4. The summed E-state index contributed by atoms with van der Waals surface area (Å²) in [7, 11) is 0. The minimum Gasteiger partial charge on any atom is -0.355 e. The Labute approximate surface area is 154 Å². The van der Waals surface area contributed by atoms with E-state index in [0.717, 1.165) is 32.1 Å². The minimum absolute atomic E-state index is 0. The molecule has 140 valence electrons. The molecule has 2 unspecified atom stereocenters. The highest BCUT2D eigenvalue weighted by Crippen LogP contribution is 2.43. The topological polar surface area (TPSA) is 55.1 Å². The van der Waals surface area contributed by atoms with E-state index in [9.17, 15) is 13.6 Å². The number of carbonyl (C=O) groups excluding carboxylic acids is 1. The molecule has 3 rings (SSSR count). The Morgan fingerprint density at radius 2 is 1.80 bits per heavy atom. The van der Waals surface area contributed by atoms with Crippen LogP contribution >= 0.6 is 12.4 Å². The molecule has 0 saturated heterocycles. The number of halogens is 3. The molecule has 1 aromatic carbocycles. The van der Waals surface area contributed by atoms with Gasteiger partial charge in [-0.1, -0.05) is 25.3 Å². The molecule has 2 fully saturated rings. The van der Waals surface area contributed by atoms with Gasteiger partial charge in [-0.05, 0) is 44.2 Å². The van der Waals surface area contributed by atoms with Gasteiger partial charge in [-0.15, -0.1) is 12.4 Å². The van der Waals surface area contributed by atoms with Crippen molar-refractivity contribution in [3.63, 3.8) is 0 Å². The van der Waals surface area contributed by atoms with E-state index in [2.05, 4.69) is 5.32 Å². The van der Waals surface area contributed by atoms with Gasteiger partial charge in [0.1, 0.15) is 11.6 Å². The molecular weight excluding hydrogens is 346 g/mol. The van der Waals surface area contributed by atoms with Gasteiger partial charge in [0, 0.05) is 29.5 Å². The van der Waals surface area contributed by atoms with E-state index >= 15 is 0 Å². The molecular formula is C19H27ClF2N2O. The van der Waals surface area contributed by atoms with Crippen molar-refractivity contribution in [2.24, 2.45) is 11.7 Å². The third kappa shape index (κ3) is 4.32. The Kier molecular flexibility index (Phi) is 6.80. The number of nitrogens with two attached hydrogens (primary N) is 1. The third-order valence-electron chi connectivity index (χ3n) is 5.74. The Hall–Kier alpha value is -1.20. The van der Waals surface area contributed by atoms with Crippen LogP contribution in [-0.2, 0) is 10.2 Å². The molecule has 6 heteroatoms. The quantitative estimate of drug-likeness (QED) is 0.843. The summed E-state index contributed by atoms with van der Waals surface area (Å²) >= 11 is 0. The summed E-state index contributed by atoms with van der Waals surface area (Å²) in [5, 5.41) is 2.98. The maximum Gasteiger partial charge on any atom is 0.223 e. The van der Waals surface area contributed by atoms with E-state index in [4.69, 9.17) is 5.73 Å². The summed E-state index contributed by atoms with van der Waals surface area (Å²) in [4.78, 5) is 12.5. The van der Waals surface area contributed by atoms with E-state index in [1.165, 1.54) is 18.2 Å². The van der Waals surface area contributed by atoms with Gasteiger partial charge in [0.05, 0.1) is 0 Å². The summed E-state index contributed by atoms with van der Waals surface area (Å²) in [6.45, 7) is 0.301. The number of benzene rings is 1. The second-order valence-corrected chi connectivity index (χ2v) is 7.43. The maximum absolute atomic E-state index is 14.3. The molecule has 2 aliphatic rings. The maximum atomic E-state index is 14.3. The van der Waals surface area contributed by atoms with Crippen molar-refractivity contribution < 1.29 is 13.6 Å². The van der Waals surface area contributed by atoms with E-state index in [-0.39, 0.29) is 35.8 Å². The Bertz CT molecular complexity index is 585. The molecule has 2 atom stereocenters. The minimum atomic E-state index is -0.623. The molecule has 3 nitrogen and oxygen atoms in total. The molecule has 3 N–H and O–H groups in total. The first-order valence-corrected chi connectivity index (χ1v) is 9.00. The van der Waals surface area contributed by atoms with Crippen LogP contribution in [0.25, 0.3) is 0 Å². The van der Waals surface area contributed by atoms with Gasteiger partial charge in [0.25, 0.3) is 0 Å². The van der Waals surface area contributed by atoms with Crippen molar-refractivity contribution in [2.45, 2.75) is 62.8 Å². The number of amides is 1. The highest BCUT2D eigenvalue weighted by molar-refractivity contribution is 5.85. The predicted octanol–water partition coefficient (Wildman–Crippen LogP) is 3.83. The molecule has 0 heterocycles. The monoisotopic (exact) mass is 372 g/mol. The molecule has 1 amide bonds. The molecule has 0 aromatic heterocycles. The van der Waals surface area contributed by atoms with E-state index in [1.54, 1.807) is 0 Å². The Morgan fingerprint density at radius 1 is 1.16 bits per heavy atom. The first-order valence-electron chi connectivity index (χ1n) is 9.00. The first kappa shape index (κ1) is 20.1. The van der Waals surface area contributed by atoms with Crippen molar-refractivity contribution in [3.05, 3.63) is 35.4 Å². The molecule has 2 saturated carbocycles. The van der Waals surface area contributed by atoms with Crippen LogP contribution in [0.15, 0.2) is 18.2 Å². The molecule has 2 aliphatic carbocycles. The summed E-state index contributed by atoms with van der Waals surface area (Å²) in [5.41, 5.74) is 5.48. The second-order valence-electron chi connectivity index (χ2n) is 7.43. The summed E-state index contributed by atoms with van der Waals surface area (Å²) < 4.78 is 28.6. The zero-order valence-corrected chi connectivity index (χ0v) is 15.2. The van der Waals surface area contributed by atoms with Crippen LogP contribution in [0.1, 0.15) is 56.9 Å². The highest BCUT2D eigenvalue weighted by Gasteiger charge is 2.40. The van der Waals surface area contributed by atoms with Crippen LogP contribution in [0.2, 0.25) is 0 Å². The zero-order valence-electron chi connectivity index (χ0n) is 14.4. The largest absolute Gasteiger partial charge is 0.355 e. The summed E-state index contributed by atoms with van der Waals surface area (Å²) in [5.74, 6) is -1.11. The SMILES string of the molecule is Cl.NC1CCCC(C(=O)NCC2(c3c(F)cccc3F)CCCC2)C1. The zero-order chi connectivity index (χ0) is 17.2. The van der Waals surface area contributed by atoms with Gasteiger partial charge in [-0.2, -0.15) is 0 Å². The smallest absolute Gasteiger partial charge is 0.223 e. The fourth-order valence-electron chi connectivity index (χ4n) is 4.44. The van der Waals surface area contributed by atoms with Crippen molar-refractivity contribution >= 4 is 18.3 Å². The summed E-state index contributed by atoms with van der Waals surface area (Å²) in [6, 6.07) is 4.08. The lowest BCUT2D eigenvalue weighted by Crippen LogP contribution is -2.44. The van der Waals surface area contributed by atoms with E-state index in [0.29, 0.717) is 25.8 Å². The van der Waals surface area contributed by atoms with Gasteiger partial charge < -0.3 is 11.1 Å². The van der Waals surface area contributed by atoms with Crippen molar-refractivity contribution in [1.82, 2.24) is 5.32 Å². The highest BCUT2D eigenvalue weighted by atomic mass is 35.5. The lowest BCUT2D eigenvalue weighted by atomic mass is 9.77. The Balaban J connectivity index is 0.00000225. The molecule has 1 aromatic rings. The van der Waals surface area contributed by atoms with Crippen molar-refractivity contribution in [1.29, 1.82) is 0 Å². The Morgan fingerprint density at radius 3 is 2.40 bits per heavy atom. The van der Waals surface area contributed by atoms with Gasteiger partial charge in [0.15, 0.2) is 0 Å². The molecule has 0 bridgehead atoms. The number of hydrogen-bond donors (Lipinski definition) is 2. The van der Waals surface area contributed by atoms with Crippen molar-refractivity contribution in [3.8, 4) is 0 Å². The first-order chi connectivity index (χ1) is 11.5. The van der Waals surface area contributed by atoms with Gasteiger partial charge in [-0.3, -0.25) is 4.79 Å². The molecule has 0 aliphatic heterocycles. The average Bonchev–Trinajstić information content (AvgIpc) is 3.02. The van der Waals surface area contributed by atoms with Crippen LogP contribution in [0.3, 0.4) is 0 Å². The van der Waals surface area contributed by atoms with Crippen LogP contribution in [0, 0.1) is 17.6 Å². The van der Waals surface area contributed by atoms with Gasteiger partial charge >= 0.3 is 0 Å². The van der Waals surface area contributed by atoms with Gasteiger partial charge in [-0.25, -0.2) is 8.78 Å². The number of nitrogens with one attached hydrogen (secondary N) is 1. The second kappa shape index (κ2) is 8.45. The normalized spacial score (nSPS) is 25.2. The average molecular weight is 373 g/mol. The van der Waals surface area contributed by atoms with Crippen LogP contribution in [0.4, 0.5) is 8.78 Å². The molecule has 0 spiro atoms. The lowest BCUT2D eigenvalue weighted by Gasteiger charge is -2.32. The van der Waals surface area contributed by atoms with Crippen LogP contribution in [-0.4, -0.2) is 18.5 Å².